The van der Waals surface area contributed by atoms with Crippen LogP contribution in [0.15, 0.2) is 41.3 Å². The van der Waals surface area contributed by atoms with Gasteiger partial charge in [-0.05, 0) is 99.3 Å². The molecule has 2 amide bonds. The first kappa shape index (κ1) is 42.4. The van der Waals surface area contributed by atoms with Crippen LogP contribution in [0.2, 0.25) is 5.02 Å². The molecule has 2 aromatic carbocycles. The van der Waals surface area contributed by atoms with E-state index in [2.05, 4.69) is 31.0 Å². The average Bonchev–Trinajstić information content (AvgIpc) is 4.06. The summed E-state index contributed by atoms with van der Waals surface area (Å²) in [7, 11) is 3.27. The number of carbonyl (C=O) groups is 2. The zero-order chi connectivity index (χ0) is 44.8. The third kappa shape index (κ3) is 7.66. The SMILES string of the molecule is Cn1nc(C2CCC(=O)NC2=O)c2cc(F)c(C3CCN(C[C@H]4CCN(c5ncc(Cl)c(Nc6ccc7c(c6)c6c(c(=O)n7C)OCC(F)(F)[C@H](C7CC7)N6)n5)CC4(F)F)CC3)cc21. The third-order valence-electron chi connectivity index (χ3n) is 13.7. The summed E-state index contributed by atoms with van der Waals surface area (Å²) >= 11 is 6.53. The fourth-order valence-electron chi connectivity index (χ4n) is 9.98. The number of imide groups is 1. The fourth-order valence-corrected chi connectivity index (χ4v) is 10.1. The number of nitrogens with zero attached hydrogens (tertiary/aromatic N) is 7. The molecule has 0 bridgehead atoms. The minimum Gasteiger partial charge on any atom is -0.480 e. The summed E-state index contributed by atoms with van der Waals surface area (Å²) in [6.45, 7) is -0.0505. The van der Waals surface area contributed by atoms with Crippen LogP contribution in [0.1, 0.15) is 68.0 Å². The summed E-state index contributed by atoms with van der Waals surface area (Å²) in [6, 6.07) is 7.02. The number of benzene rings is 2. The molecule has 1 saturated carbocycles. The van der Waals surface area contributed by atoms with Gasteiger partial charge in [0.15, 0.2) is 12.4 Å². The molecule has 7 heterocycles. The number of pyridine rings is 1. The highest BCUT2D eigenvalue weighted by atomic mass is 35.5. The maximum atomic E-state index is 16.0. The van der Waals surface area contributed by atoms with E-state index in [-0.39, 0.29) is 71.9 Å². The van der Waals surface area contributed by atoms with Gasteiger partial charge in [-0.15, -0.1) is 0 Å². The van der Waals surface area contributed by atoms with E-state index in [4.69, 9.17) is 16.3 Å². The highest BCUT2D eigenvalue weighted by Gasteiger charge is 2.51. The zero-order valence-electron chi connectivity index (χ0n) is 35.1. The highest BCUT2D eigenvalue weighted by Crippen LogP contribution is 2.46. The number of alkyl halides is 4. The lowest BCUT2D eigenvalue weighted by Gasteiger charge is -2.41. The Morgan fingerprint density at radius 3 is 2.45 bits per heavy atom. The Kier molecular flexibility index (Phi) is 10.5. The number of amides is 2. The summed E-state index contributed by atoms with van der Waals surface area (Å²) in [4.78, 5) is 49.8. The molecule has 5 aromatic rings. The number of anilines is 4. The van der Waals surface area contributed by atoms with Gasteiger partial charge in [-0.3, -0.25) is 24.4 Å². The van der Waals surface area contributed by atoms with Crippen LogP contribution < -0.4 is 31.1 Å². The second-order valence-electron chi connectivity index (χ2n) is 17.9. The van der Waals surface area contributed by atoms with Gasteiger partial charge >= 0.3 is 5.92 Å². The van der Waals surface area contributed by atoms with E-state index in [0.717, 1.165) is 0 Å². The molecule has 4 aliphatic heterocycles. The standard InChI is InChI=1S/C44H46ClF5N10O4/c1-57-32-7-5-25(15-28(32)36-37(41(57)63)64-21-44(49,50)38(54-36)23-3-4-23)52-39-30(45)18-51-42(55-39)60-14-11-24(43(47,48)20-60)19-59-12-9-22(10-13-59)27-17-33-29(16-31(27)46)35(56-58(33)2)26-6-8-34(61)53-40(26)62/h5,7,15-18,22-24,26,38,54H,3-4,6,8-14,19-21H2,1-2H3,(H,51,52,55)(H,53,61,62)/t24-,26?,38+/m1/s1. The number of likely N-dealkylation sites (tertiary alicyclic amines) is 1. The molecule has 3 N–H and O–H groups in total. The van der Waals surface area contributed by atoms with Gasteiger partial charge in [-0.25, -0.2) is 26.9 Å². The lowest BCUT2D eigenvalue weighted by atomic mass is 9.86. The number of aryl methyl sites for hydroxylation is 2. The number of rotatable bonds is 8. The molecule has 64 heavy (non-hydrogen) atoms. The lowest BCUT2D eigenvalue weighted by molar-refractivity contribution is -0.134. The number of nitrogens with one attached hydrogen (secondary N) is 3. The Bertz CT molecular complexity index is 2770. The Morgan fingerprint density at radius 2 is 1.72 bits per heavy atom. The third-order valence-corrected chi connectivity index (χ3v) is 14.0. The van der Waals surface area contributed by atoms with Crippen LogP contribution >= 0.6 is 11.6 Å². The maximum absolute atomic E-state index is 16.0. The molecule has 1 aliphatic carbocycles. The number of piperidine rings is 3. The first-order valence-electron chi connectivity index (χ1n) is 21.6. The number of ether oxygens (including phenoxy) is 1. The predicted molar refractivity (Wildman–Crippen MR) is 230 cm³/mol. The molecule has 0 spiro atoms. The summed E-state index contributed by atoms with van der Waals surface area (Å²) in [6.07, 6.45) is 4.45. The zero-order valence-corrected chi connectivity index (χ0v) is 35.8. The van der Waals surface area contributed by atoms with Crippen LogP contribution in [0.3, 0.4) is 0 Å². The van der Waals surface area contributed by atoms with E-state index in [1.807, 2.05) is 4.90 Å². The van der Waals surface area contributed by atoms with Gasteiger partial charge in [-0.1, -0.05) is 11.6 Å². The van der Waals surface area contributed by atoms with Crippen molar-refractivity contribution in [1.82, 2.24) is 34.5 Å². The van der Waals surface area contributed by atoms with Gasteiger partial charge < -0.3 is 29.7 Å². The maximum Gasteiger partial charge on any atom is 0.301 e. The molecule has 5 aliphatic rings. The molecular weight excluding hydrogens is 863 g/mol. The number of fused-ring (bicyclic) bond motifs is 4. The van der Waals surface area contributed by atoms with E-state index >= 15 is 22.0 Å². The molecule has 4 fully saturated rings. The van der Waals surface area contributed by atoms with Crippen LogP contribution in [0, 0.1) is 17.7 Å². The molecular formula is C44H46ClF5N10O4. The first-order chi connectivity index (χ1) is 30.5. The van der Waals surface area contributed by atoms with Crippen molar-refractivity contribution in [2.45, 2.75) is 74.7 Å². The molecule has 20 heteroatoms. The average molecular weight is 909 g/mol. The van der Waals surface area contributed by atoms with Gasteiger partial charge in [0.2, 0.25) is 23.5 Å². The molecule has 3 aromatic heterocycles. The molecule has 0 radical (unpaired) electrons. The molecule has 3 saturated heterocycles. The quantitative estimate of drug-likeness (QED) is 0.111. The predicted octanol–water partition coefficient (Wildman–Crippen LogP) is 6.83. The Hall–Kier alpha value is -5.56. The highest BCUT2D eigenvalue weighted by molar-refractivity contribution is 6.33. The molecule has 10 rings (SSSR count). The van der Waals surface area contributed by atoms with Gasteiger partial charge in [0.05, 0.1) is 47.1 Å². The fraction of sp³-hybridized carbons (Fsp3) is 0.500. The van der Waals surface area contributed by atoms with E-state index in [1.54, 1.807) is 36.0 Å². The number of aromatic nitrogens is 5. The number of hydrogen-bond donors (Lipinski definition) is 3. The van der Waals surface area contributed by atoms with Crippen LogP contribution in [-0.2, 0) is 23.7 Å². The molecule has 14 nitrogen and oxygen atoms in total. The van der Waals surface area contributed by atoms with Crippen LogP contribution in [0.5, 0.6) is 5.75 Å². The van der Waals surface area contributed by atoms with Crippen molar-refractivity contribution in [1.29, 1.82) is 0 Å². The van der Waals surface area contributed by atoms with Crippen molar-refractivity contribution in [2.75, 3.05) is 54.9 Å². The lowest BCUT2D eigenvalue weighted by Crippen LogP contribution is -2.53. The minimum atomic E-state index is -3.20. The van der Waals surface area contributed by atoms with Gasteiger partial charge in [-0.2, -0.15) is 10.1 Å². The topological polar surface area (TPSA) is 152 Å². The smallest absolute Gasteiger partial charge is 0.301 e. The van der Waals surface area contributed by atoms with Crippen molar-refractivity contribution in [3.05, 3.63) is 69.0 Å². The van der Waals surface area contributed by atoms with E-state index in [0.29, 0.717) is 83.9 Å². The summed E-state index contributed by atoms with van der Waals surface area (Å²) in [5.41, 5.74) is 2.22. The van der Waals surface area contributed by atoms with E-state index < -0.39 is 60.2 Å². The van der Waals surface area contributed by atoms with Crippen LogP contribution in [0.25, 0.3) is 21.8 Å². The van der Waals surface area contributed by atoms with E-state index in [1.165, 1.54) is 28.8 Å². The monoisotopic (exact) mass is 908 g/mol. The summed E-state index contributed by atoms with van der Waals surface area (Å²) < 4.78 is 86.5. The van der Waals surface area contributed by atoms with Crippen molar-refractivity contribution < 1.29 is 36.3 Å². The van der Waals surface area contributed by atoms with Crippen LogP contribution in [0.4, 0.5) is 45.1 Å². The minimum absolute atomic E-state index is 0.0594. The number of halogens is 6. The second kappa shape index (κ2) is 15.9. The Labute approximate surface area is 368 Å². The Morgan fingerprint density at radius 1 is 0.938 bits per heavy atom. The first-order valence-corrected chi connectivity index (χ1v) is 22.0. The Balaban J connectivity index is 0.797. The second-order valence-corrected chi connectivity index (χ2v) is 18.4. The van der Waals surface area contributed by atoms with E-state index in [9.17, 15) is 14.4 Å². The van der Waals surface area contributed by atoms with Gasteiger partial charge in [0.1, 0.15) is 10.8 Å². The van der Waals surface area contributed by atoms with Crippen molar-refractivity contribution in [3.63, 3.8) is 0 Å². The van der Waals surface area contributed by atoms with Crippen molar-refractivity contribution >= 4 is 68.4 Å². The summed E-state index contributed by atoms with van der Waals surface area (Å²) in [5, 5.41) is 14.1. The van der Waals surface area contributed by atoms with Crippen molar-refractivity contribution in [2.24, 2.45) is 25.9 Å². The molecule has 3 atom stereocenters. The number of hydrogen-bond acceptors (Lipinski definition) is 11. The largest absolute Gasteiger partial charge is 0.480 e. The molecule has 1 unspecified atom stereocenters. The normalized spacial score (nSPS) is 23.9. The van der Waals surface area contributed by atoms with Gasteiger partial charge in [0, 0.05) is 56.0 Å². The van der Waals surface area contributed by atoms with Gasteiger partial charge in [0.25, 0.3) is 11.5 Å². The van der Waals surface area contributed by atoms with Crippen LogP contribution in [-0.4, -0.2) is 98.2 Å². The molecule has 338 valence electrons. The summed E-state index contributed by atoms with van der Waals surface area (Å²) in [5.74, 6) is -9.40. The van der Waals surface area contributed by atoms with Crippen molar-refractivity contribution in [3.8, 4) is 5.75 Å². The number of carbonyl (C=O) groups excluding carboxylic acids is 2.